The second-order valence-electron chi connectivity index (χ2n) is 17.5. The molecule has 12 nitrogen and oxygen atoms in total. The van der Waals surface area contributed by atoms with Crippen molar-refractivity contribution in [1.82, 2.24) is 15.1 Å². The molecule has 4 heterocycles. The van der Waals surface area contributed by atoms with E-state index in [-0.39, 0.29) is 87.0 Å². The van der Waals surface area contributed by atoms with Crippen LogP contribution in [0.5, 0.6) is 0 Å². The van der Waals surface area contributed by atoms with Crippen LogP contribution in [0.1, 0.15) is 106 Å². The first-order valence-corrected chi connectivity index (χ1v) is 26.3. The number of carbonyl (C=O) groups excluding carboxylic acids is 5. The molecule has 0 aliphatic carbocycles. The van der Waals surface area contributed by atoms with Gasteiger partial charge in [-0.2, -0.15) is 8.78 Å². The van der Waals surface area contributed by atoms with Gasteiger partial charge in [0.1, 0.15) is 12.1 Å². The Kier molecular flexibility index (Phi) is 17.3. The Bertz CT molecular complexity index is 2220. The lowest BCUT2D eigenvalue weighted by Gasteiger charge is -2.36. The van der Waals surface area contributed by atoms with Crippen LogP contribution in [0.2, 0.25) is 0 Å². The monoisotopic (exact) mass is 958 g/mol. The molecule has 5 atom stereocenters. The zero-order valence-electron chi connectivity index (χ0n) is 36.7. The van der Waals surface area contributed by atoms with Gasteiger partial charge < -0.3 is 29.0 Å². The van der Waals surface area contributed by atoms with E-state index in [1.165, 1.54) is 12.1 Å². The van der Waals surface area contributed by atoms with Gasteiger partial charge in [0.05, 0.1) is 30.6 Å². The van der Waals surface area contributed by atoms with Crippen molar-refractivity contribution >= 4 is 80.5 Å². The third-order valence-corrected chi connectivity index (χ3v) is 16.5. The number of hydrogen-bond donors (Lipinski definition) is 1. The smallest absolute Gasteiger partial charge is 0.340 e. The van der Waals surface area contributed by atoms with E-state index in [0.717, 1.165) is 65.4 Å². The van der Waals surface area contributed by atoms with Gasteiger partial charge in [-0.15, -0.1) is 11.3 Å². The largest absolute Gasteiger partial charge is 0.404 e. The first-order valence-electron chi connectivity index (χ1n) is 22.0. The average Bonchev–Trinajstić information content (AvgIpc) is 4.01. The number of amides is 3. The van der Waals surface area contributed by atoms with Crippen LogP contribution in [0.25, 0.3) is 14.9 Å². The van der Waals surface area contributed by atoms with Crippen molar-refractivity contribution in [2.45, 2.75) is 115 Å². The fourth-order valence-electron chi connectivity index (χ4n) is 8.58. The van der Waals surface area contributed by atoms with Gasteiger partial charge in [-0.1, -0.05) is 100 Å². The van der Waals surface area contributed by atoms with Crippen LogP contribution in [0.15, 0.2) is 54.6 Å². The van der Waals surface area contributed by atoms with Crippen LogP contribution in [-0.4, -0.2) is 99.7 Å². The molecule has 0 bridgehead atoms. The molecule has 0 spiro atoms. The Hall–Kier alpha value is -3.65. The molecule has 3 saturated heterocycles. The first-order chi connectivity index (χ1) is 30.5. The maximum absolute atomic E-state index is 16.4. The summed E-state index contributed by atoms with van der Waals surface area (Å²) >= 11 is 2.86. The Morgan fingerprint density at radius 2 is 1.55 bits per heavy atom. The quantitative estimate of drug-likeness (QED) is 0.0744. The molecule has 3 amide bonds. The highest BCUT2D eigenvalue weighted by molar-refractivity contribution is 8.13. The van der Waals surface area contributed by atoms with Crippen molar-refractivity contribution < 1.29 is 46.4 Å². The van der Waals surface area contributed by atoms with E-state index in [1.54, 1.807) is 9.80 Å². The second-order valence-corrected chi connectivity index (χ2v) is 22.9. The number of nitrogens with one attached hydrogen (secondary N) is 1. The molecule has 18 heteroatoms. The summed E-state index contributed by atoms with van der Waals surface area (Å²) in [5.41, 5.74) is -3.82. The third-order valence-electron chi connectivity index (χ3n) is 11.7. The van der Waals surface area contributed by atoms with Crippen LogP contribution < -0.4 is 5.32 Å². The second kappa shape index (κ2) is 22.2. The predicted molar refractivity (Wildman–Crippen MR) is 249 cm³/mol. The topological polar surface area (TPSA) is 144 Å². The normalized spacial score (nSPS) is 21.8. The van der Waals surface area contributed by atoms with Crippen LogP contribution in [0.3, 0.4) is 0 Å². The lowest BCUT2D eigenvalue weighted by Crippen LogP contribution is -2.56. The first kappa shape index (κ1) is 49.8. The van der Waals surface area contributed by atoms with Gasteiger partial charge in [-0.05, 0) is 66.7 Å². The Labute approximate surface area is 386 Å². The maximum atomic E-state index is 16.4. The molecule has 0 saturated carbocycles. The lowest BCUT2D eigenvalue weighted by atomic mass is 9.95. The number of alkyl halides is 2. The van der Waals surface area contributed by atoms with E-state index in [1.807, 2.05) is 58.0 Å². The molecular formula is C46H57F2N4O8PS3. The average molecular weight is 959 g/mol. The van der Waals surface area contributed by atoms with E-state index >= 15 is 8.78 Å². The van der Waals surface area contributed by atoms with E-state index in [0.29, 0.717) is 36.9 Å². The number of likely N-dealkylation sites (tertiary alicyclic amines) is 1. The molecule has 1 aromatic heterocycles. The molecule has 1 N–H and O–H groups in total. The standard InChI is InChI=1S/C46H57F2N4O8PS3/c1-29(2)23-41(53)62-21-19-59-61(58,60-20-22-63-42(54)24-30(3)4)46(47,48)33-15-18-39-32(25-33)26-40(64-39)43(55)50-36-14-10-9-13-34-16-17-38(52(34)44(36)56)45(57)51-27-35(37(28-51)49-5)31-11-7-6-8-12-31/h6-8,11-12,15,18,25-26,29-30,34-38H,9-10,13-14,16-17,19-24,27-28H2,1-4H3,(H,50,55)/t34-,35+,36-,37-,38-/m0/s1. The van der Waals surface area contributed by atoms with E-state index in [4.69, 9.17) is 15.6 Å². The minimum Gasteiger partial charge on any atom is -0.340 e. The molecule has 2 aromatic carbocycles. The summed E-state index contributed by atoms with van der Waals surface area (Å²) in [6, 6.07) is 12.6. The molecule has 0 unspecified atom stereocenters. The SMILES string of the molecule is [C-]#[N+][C@H]1CN(C(=O)[C@@H]2CC[C@@H]3CCCC[C@H](NC(=O)c4cc5cc(C(F)(F)P(=O)(OCCSC(=O)CC(C)C)OCCSC(=O)CC(C)C)ccc5s4)C(=O)N32)C[C@@H]1c1ccccc1. The summed E-state index contributed by atoms with van der Waals surface area (Å²) in [5.74, 6) is -1.04. The number of halogens is 2. The van der Waals surface area contributed by atoms with Gasteiger partial charge in [-0.3, -0.25) is 28.5 Å². The number of fused-ring (bicyclic) bond motifs is 2. The molecule has 3 fully saturated rings. The fourth-order valence-corrected chi connectivity index (χ4v) is 13.0. The van der Waals surface area contributed by atoms with E-state index < -0.39 is 56.1 Å². The minimum atomic E-state index is -5.24. The molecule has 3 aliphatic heterocycles. The van der Waals surface area contributed by atoms with Crippen molar-refractivity contribution in [1.29, 1.82) is 0 Å². The molecule has 3 aromatic rings. The lowest BCUT2D eigenvalue weighted by molar-refractivity contribution is -0.146. The van der Waals surface area contributed by atoms with Crippen molar-refractivity contribution in [2.75, 3.05) is 37.8 Å². The summed E-state index contributed by atoms with van der Waals surface area (Å²) in [6.45, 7) is 15.1. The third kappa shape index (κ3) is 12.0. The van der Waals surface area contributed by atoms with Gasteiger partial charge in [0.15, 0.2) is 10.2 Å². The zero-order valence-corrected chi connectivity index (χ0v) is 40.0. The van der Waals surface area contributed by atoms with E-state index in [9.17, 15) is 28.5 Å². The van der Waals surface area contributed by atoms with Gasteiger partial charge in [0.2, 0.25) is 17.9 Å². The van der Waals surface area contributed by atoms with Crippen LogP contribution >= 0.6 is 42.5 Å². The predicted octanol–water partition coefficient (Wildman–Crippen LogP) is 9.73. The fraction of sp³-hybridized carbons (Fsp3) is 0.565. The maximum Gasteiger partial charge on any atom is 0.404 e. The highest BCUT2D eigenvalue weighted by Crippen LogP contribution is 2.67. The summed E-state index contributed by atoms with van der Waals surface area (Å²) in [5, 5.41) is 2.88. The molecule has 3 aliphatic rings. The highest BCUT2D eigenvalue weighted by Gasteiger charge is 2.55. The Morgan fingerprint density at radius 3 is 2.17 bits per heavy atom. The van der Waals surface area contributed by atoms with Crippen molar-refractivity contribution in [3.8, 4) is 0 Å². The van der Waals surface area contributed by atoms with Gasteiger partial charge >= 0.3 is 13.3 Å². The van der Waals surface area contributed by atoms with Crippen molar-refractivity contribution in [3.63, 3.8) is 0 Å². The molecule has 346 valence electrons. The molecule has 0 radical (unpaired) electrons. The van der Waals surface area contributed by atoms with Crippen LogP contribution in [-0.2, 0) is 38.5 Å². The zero-order chi connectivity index (χ0) is 46.2. The summed E-state index contributed by atoms with van der Waals surface area (Å²) in [6.07, 6.45) is 4.32. The van der Waals surface area contributed by atoms with E-state index in [2.05, 4.69) is 10.2 Å². The van der Waals surface area contributed by atoms with Crippen LogP contribution in [0.4, 0.5) is 8.78 Å². The number of benzene rings is 2. The van der Waals surface area contributed by atoms with Crippen molar-refractivity contribution in [2.24, 2.45) is 11.8 Å². The summed E-state index contributed by atoms with van der Waals surface area (Å²) in [7, 11) is -5.24. The van der Waals surface area contributed by atoms with Crippen LogP contribution in [0, 0.1) is 18.4 Å². The van der Waals surface area contributed by atoms with Gasteiger partial charge in [-0.25, -0.2) is 6.57 Å². The molecule has 64 heavy (non-hydrogen) atoms. The minimum absolute atomic E-state index is 0.0190. The van der Waals surface area contributed by atoms with Crippen molar-refractivity contribution in [3.05, 3.63) is 82.0 Å². The van der Waals surface area contributed by atoms with Gasteiger partial charge in [0, 0.05) is 47.2 Å². The Balaban J connectivity index is 1.15. The highest BCUT2D eigenvalue weighted by atomic mass is 32.2. The van der Waals surface area contributed by atoms with Gasteiger partial charge in [0.25, 0.3) is 5.91 Å². The number of nitrogens with zero attached hydrogens (tertiary/aromatic N) is 3. The Morgan fingerprint density at radius 1 is 0.906 bits per heavy atom. The number of hydrogen-bond acceptors (Lipinski definition) is 11. The number of thioether (sulfide) groups is 2. The number of rotatable bonds is 18. The number of thiophene rings is 1. The number of carbonyl (C=O) groups is 5. The molecule has 6 rings (SSSR count). The summed E-state index contributed by atoms with van der Waals surface area (Å²) in [4.78, 5) is 74.3. The summed E-state index contributed by atoms with van der Waals surface area (Å²) < 4.78 is 58.1. The molecular weight excluding hydrogens is 902 g/mol.